The summed E-state index contributed by atoms with van der Waals surface area (Å²) in [5.41, 5.74) is 14.2. The molecule has 0 N–H and O–H groups in total. The molecule has 0 amide bonds. The third kappa shape index (κ3) is 10.4. The van der Waals surface area contributed by atoms with E-state index >= 15 is 0 Å². The van der Waals surface area contributed by atoms with Gasteiger partial charge in [0.1, 0.15) is 47.1 Å². The van der Waals surface area contributed by atoms with E-state index in [1.54, 1.807) is 0 Å². The van der Waals surface area contributed by atoms with E-state index in [-0.39, 0.29) is 0 Å². The predicted octanol–water partition coefficient (Wildman–Crippen LogP) is 3.19. The Bertz CT molecular complexity index is 1080. The van der Waals surface area contributed by atoms with Crippen LogP contribution in [0, 0.1) is 11.8 Å². The lowest BCUT2D eigenvalue weighted by molar-refractivity contribution is 0.827. The zero-order chi connectivity index (χ0) is 28.2. The first-order chi connectivity index (χ1) is 16.7. The van der Waals surface area contributed by atoms with Crippen molar-refractivity contribution < 1.29 is 0 Å². The van der Waals surface area contributed by atoms with E-state index in [0.29, 0.717) is 11.8 Å². The molecule has 0 rings (SSSR count). The number of allylic oxidation sites excluding steroid dienone is 19. The fraction of sp³-hybridized carbons (Fsp3) is 0.333. The molecule has 1 atom stereocenters. The van der Waals surface area contributed by atoms with Gasteiger partial charge in [0.05, 0.1) is 0 Å². The molecule has 0 heterocycles. The van der Waals surface area contributed by atoms with Gasteiger partial charge < -0.3 is 0 Å². The zero-order valence-electron chi connectivity index (χ0n) is 26.0. The van der Waals surface area contributed by atoms with Crippen LogP contribution in [0.4, 0.5) is 0 Å². The summed E-state index contributed by atoms with van der Waals surface area (Å²) in [5, 5.41) is 0. The first-order valence-corrected chi connectivity index (χ1v) is 13.4. The Hall–Kier alpha value is -2.21. The third-order valence-electron chi connectivity index (χ3n) is 7.66. The van der Waals surface area contributed by atoms with Gasteiger partial charge in [0.15, 0.2) is 0 Å². The van der Waals surface area contributed by atoms with E-state index in [1.165, 1.54) is 55.1 Å². The monoisotopic (exact) mass is 474 g/mol. The highest BCUT2D eigenvalue weighted by molar-refractivity contribution is 6.45. The van der Waals surface area contributed by atoms with Crippen molar-refractivity contribution in [1.29, 1.82) is 0 Å². The molecule has 0 unspecified atom stereocenters. The lowest BCUT2D eigenvalue weighted by atomic mass is 9.62. The summed E-state index contributed by atoms with van der Waals surface area (Å²) in [6.07, 6.45) is 17.7. The number of rotatable bonds is 11. The second-order valence-electron chi connectivity index (χ2n) is 10.5. The third-order valence-corrected chi connectivity index (χ3v) is 7.66. The molecule has 186 valence electrons. The topological polar surface area (TPSA) is 0 Å². The van der Waals surface area contributed by atoms with Crippen molar-refractivity contribution in [3.05, 3.63) is 116 Å². The second-order valence-corrected chi connectivity index (χ2v) is 10.5. The van der Waals surface area contributed by atoms with Crippen LogP contribution in [0.2, 0.25) is 0 Å². The minimum Gasteiger partial charge on any atom is -0.101 e. The molecule has 0 fully saturated rings. The van der Waals surface area contributed by atoms with Crippen molar-refractivity contribution in [2.24, 2.45) is 11.8 Å². The van der Waals surface area contributed by atoms with Crippen LogP contribution in [-0.2, 0) is 0 Å². The van der Waals surface area contributed by atoms with Gasteiger partial charge in [-0.1, -0.05) is 109 Å². The van der Waals surface area contributed by atoms with Crippen LogP contribution in [0.5, 0.6) is 0 Å². The van der Waals surface area contributed by atoms with E-state index in [2.05, 4.69) is 158 Å². The maximum atomic E-state index is 4.43. The van der Waals surface area contributed by atoms with Crippen LogP contribution in [0.3, 0.4) is 0 Å². The van der Waals surface area contributed by atoms with Gasteiger partial charge in [0.25, 0.3) is 0 Å². The van der Waals surface area contributed by atoms with Crippen molar-refractivity contribution in [2.75, 3.05) is 0 Å². The van der Waals surface area contributed by atoms with Gasteiger partial charge >= 0.3 is 0 Å². The fourth-order valence-electron chi connectivity index (χ4n) is 3.83. The van der Waals surface area contributed by atoms with Crippen LogP contribution < -0.4 is 0 Å². The molecule has 0 aliphatic carbocycles. The number of hydrogen-bond donors (Lipinski definition) is 0. The molecule has 0 radical (unpaired) electrons. The molecular weight excluding hydrogens is 425 g/mol. The predicted molar refractivity (Wildman–Crippen MR) is 184 cm³/mol. The smallest absolute Gasteiger partial charge is 0.101 e. The van der Waals surface area contributed by atoms with Crippen LogP contribution in [0.1, 0.15) is 55.4 Å². The quantitative estimate of drug-likeness (QED) is 0.320. The molecule has 0 aromatic heterocycles. The highest BCUT2D eigenvalue weighted by Crippen LogP contribution is 2.25. The Balaban J connectivity index is 5.99. The Morgan fingerprint density at radius 3 is 1.81 bits per heavy atom. The highest BCUT2D eigenvalue weighted by atomic mass is 14.1. The highest BCUT2D eigenvalue weighted by Gasteiger charge is 2.10. The van der Waals surface area contributed by atoms with Crippen LogP contribution >= 0.6 is 0 Å². The minimum absolute atomic E-state index is 0.357. The lowest BCUT2D eigenvalue weighted by Crippen LogP contribution is -2.05. The van der Waals surface area contributed by atoms with Gasteiger partial charge in [-0.2, -0.15) is 0 Å². The maximum Gasteiger partial charge on any atom is 0.139 e. The SMILES string of the molecule is BC(=C/C)/C(B)=C(B)\C(C)=C(B)\C(B)=C(\B)C(=C)/C(C)=C/C=C\[C@@H](C)/C(C)=C(\C=C/C)/C=C\C(C)C. The summed E-state index contributed by atoms with van der Waals surface area (Å²) in [5.74, 6) is 0.902. The average Bonchev–Trinajstić information content (AvgIpc) is 2.86. The van der Waals surface area contributed by atoms with E-state index in [0.717, 1.165) is 5.57 Å². The average molecular weight is 474 g/mol. The molecule has 36 heavy (non-hydrogen) atoms. The largest absolute Gasteiger partial charge is 0.139 e. The van der Waals surface area contributed by atoms with E-state index < -0.39 is 0 Å². The first-order valence-electron chi connectivity index (χ1n) is 13.4. The summed E-state index contributed by atoms with van der Waals surface area (Å²) in [7, 11) is 13.3. The Morgan fingerprint density at radius 2 is 1.31 bits per heavy atom. The van der Waals surface area contributed by atoms with Gasteiger partial charge in [-0.05, 0) is 63.2 Å². The van der Waals surface area contributed by atoms with Gasteiger partial charge in [-0.3, -0.25) is 0 Å². The first kappa shape index (κ1) is 33.8. The fourth-order valence-corrected chi connectivity index (χ4v) is 3.83. The second kappa shape index (κ2) is 16.5. The summed E-state index contributed by atoms with van der Waals surface area (Å²) >= 11 is 0. The van der Waals surface area contributed by atoms with E-state index in [1.807, 2.05) is 0 Å². The molecule has 0 bridgehead atoms. The van der Waals surface area contributed by atoms with Crippen molar-refractivity contribution >= 4 is 47.1 Å². The normalized spacial score (nSPS) is 17.4. The molecule has 0 aromatic rings. The Morgan fingerprint density at radius 1 is 0.722 bits per heavy atom. The summed E-state index contributed by atoms with van der Waals surface area (Å²) < 4.78 is 0. The summed E-state index contributed by atoms with van der Waals surface area (Å²) in [6.45, 7) is 21.9. The molecule has 6 heteroatoms. The molecule has 0 saturated heterocycles. The van der Waals surface area contributed by atoms with Crippen molar-refractivity contribution in [3.63, 3.8) is 0 Å². The van der Waals surface area contributed by atoms with E-state index in [4.69, 9.17) is 0 Å². The van der Waals surface area contributed by atoms with Crippen molar-refractivity contribution in [3.8, 4) is 0 Å². The van der Waals surface area contributed by atoms with E-state index in [9.17, 15) is 0 Å². The lowest BCUT2D eigenvalue weighted by Gasteiger charge is -2.18. The molecule has 0 nitrogen and oxygen atoms in total. The van der Waals surface area contributed by atoms with Crippen molar-refractivity contribution in [2.45, 2.75) is 55.4 Å². The standard InChI is InChI=1S/C30H48B6/c1-10-13-24(17-16-18(3)4)21(7)19(5)14-12-15-20(6)22(8)26(32)30(36)28(34)23(9)27(33)29(35)25(31)11-2/h10-19H,8,31-36H2,1-7,9H3/b13-10-,14-12-,17-16-,20-15+,24-21+,25-11+,28-23-,29-27-,30-26-/t19-/m1/s1. The van der Waals surface area contributed by atoms with Gasteiger partial charge in [0, 0.05) is 0 Å². The molecule has 0 aromatic carbocycles. The van der Waals surface area contributed by atoms with Crippen LogP contribution in [0.15, 0.2) is 116 Å². The maximum absolute atomic E-state index is 4.43. The summed E-state index contributed by atoms with van der Waals surface area (Å²) in [6, 6.07) is 0. The minimum atomic E-state index is 0.357. The van der Waals surface area contributed by atoms with Gasteiger partial charge in [-0.15, -0.1) is 10.9 Å². The molecular formula is C30H48B6. The number of hydrogen-bond acceptors (Lipinski definition) is 0. The molecule has 0 spiro atoms. The molecule has 0 aliphatic rings. The van der Waals surface area contributed by atoms with Crippen LogP contribution in [0.25, 0.3) is 0 Å². The van der Waals surface area contributed by atoms with Gasteiger partial charge in [-0.25, -0.2) is 0 Å². The Labute approximate surface area is 229 Å². The molecule has 0 saturated carbocycles. The molecule has 0 aliphatic heterocycles. The summed E-state index contributed by atoms with van der Waals surface area (Å²) in [4.78, 5) is 0. The Kier molecular flexibility index (Phi) is 15.5. The zero-order valence-corrected chi connectivity index (χ0v) is 26.0. The van der Waals surface area contributed by atoms with Gasteiger partial charge in [0.2, 0.25) is 0 Å². The van der Waals surface area contributed by atoms with Crippen molar-refractivity contribution in [1.82, 2.24) is 0 Å². The van der Waals surface area contributed by atoms with Crippen LogP contribution in [-0.4, -0.2) is 47.1 Å².